The Balaban J connectivity index is 2.85. The van der Waals surface area contributed by atoms with Gasteiger partial charge in [0, 0.05) is 4.47 Å². The predicted molar refractivity (Wildman–Crippen MR) is 42.2 cm³/mol. The van der Waals surface area contributed by atoms with Crippen molar-refractivity contribution in [1.29, 1.82) is 0 Å². The Hall–Kier alpha value is -0.350. The number of thiophene rings is 1. The van der Waals surface area contributed by atoms with E-state index in [9.17, 15) is 4.79 Å². The first-order valence-corrected chi connectivity index (χ1v) is 4.10. The maximum atomic E-state index is 10.8. The van der Waals surface area contributed by atoms with Crippen molar-refractivity contribution in [1.82, 2.24) is 0 Å². The molecule has 0 saturated heterocycles. The van der Waals surface area contributed by atoms with Gasteiger partial charge in [-0.3, -0.25) is 0 Å². The summed E-state index contributed by atoms with van der Waals surface area (Å²) in [5.41, 5.74) is 0. The average Bonchev–Trinajstić information content (AvgIpc) is 2.34. The second-order valence-corrected chi connectivity index (χ2v) is 3.25. The lowest BCUT2D eigenvalue weighted by molar-refractivity contribution is 0.0606. The van der Waals surface area contributed by atoms with E-state index in [1.165, 1.54) is 18.4 Å². The number of hydrogen-bond acceptors (Lipinski definition) is 3. The topological polar surface area (TPSA) is 26.3 Å². The molecule has 1 rings (SSSR count). The number of rotatable bonds is 1. The summed E-state index contributed by atoms with van der Waals surface area (Å²) in [6, 6.07) is 1.68. The monoisotopic (exact) mass is 219 g/mol. The fourth-order valence-corrected chi connectivity index (χ4v) is 1.71. The summed E-state index contributed by atoms with van der Waals surface area (Å²) in [6.07, 6.45) is 0. The molecule has 0 spiro atoms. The lowest BCUT2D eigenvalue weighted by Crippen LogP contribution is -1.96. The highest BCUT2D eigenvalue weighted by Crippen LogP contribution is 2.18. The molecule has 0 aliphatic carbocycles. The minimum absolute atomic E-state index is 0.313. The molecule has 1 aromatic rings. The first kappa shape index (κ1) is 7.75. The van der Waals surface area contributed by atoms with Crippen LogP contribution in [0, 0.1) is 5.38 Å². The summed E-state index contributed by atoms with van der Waals surface area (Å²) < 4.78 is 5.27. The molecule has 2 nitrogen and oxygen atoms in total. The summed E-state index contributed by atoms with van der Waals surface area (Å²) in [5, 5.41) is 2.84. The second-order valence-electron chi connectivity index (χ2n) is 1.55. The number of halogens is 1. The van der Waals surface area contributed by atoms with Crippen LogP contribution >= 0.6 is 27.3 Å². The lowest BCUT2D eigenvalue weighted by atomic mass is 10.5. The summed E-state index contributed by atoms with van der Waals surface area (Å²) in [6.45, 7) is 0. The van der Waals surface area contributed by atoms with E-state index < -0.39 is 0 Å². The second kappa shape index (κ2) is 3.16. The summed E-state index contributed by atoms with van der Waals surface area (Å²) >= 11 is 4.41. The maximum absolute atomic E-state index is 10.8. The molecule has 53 valence electrons. The van der Waals surface area contributed by atoms with Crippen molar-refractivity contribution in [2.24, 2.45) is 0 Å². The molecule has 1 heterocycles. The third-order valence-corrected chi connectivity index (χ3v) is 2.42. The van der Waals surface area contributed by atoms with Crippen LogP contribution in [0.1, 0.15) is 9.67 Å². The Kier molecular flexibility index (Phi) is 2.45. The molecule has 1 radical (unpaired) electrons. The standard InChI is InChI=1S/C6H4BrO2S/c1-9-6(8)5-2-4(7)3-10-5/h2H,1H3. The van der Waals surface area contributed by atoms with E-state index in [1.807, 2.05) is 0 Å². The fourth-order valence-electron chi connectivity index (χ4n) is 0.479. The van der Waals surface area contributed by atoms with Crippen molar-refractivity contribution < 1.29 is 9.53 Å². The molecule has 0 fully saturated rings. The minimum Gasteiger partial charge on any atom is -0.465 e. The van der Waals surface area contributed by atoms with Crippen molar-refractivity contribution >= 4 is 33.2 Å². The van der Waals surface area contributed by atoms with E-state index in [0.29, 0.717) is 4.88 Å². The fraction of sp³-hybridized carbons (Fsp3) is 0.167. The molecule has 0 saturated carbocycles. The summed E-state index contributed by atoms with van der Waals surface area (Å²) in [4.78, 5) is 11.3. The van der Waals surface area contributed by atoms with Gasteiger partial charge in [-0.25, -0.2) is 4.79 Å². The molecule has 0 aliphatic rings. The van der Waals surface area contributed by atoms with Crippen molar-refractivity contribution in [2.75, 3.05) is 7.11 Å². The van der Waals surface area contributed by atoms with Crippen LogP contribution in [-0.4, -0.2) is 13.1 Å². The highest BCUT2D eigenvalue weighted by Gasteiger charge is 2.06. The third kappa shape index (κ3) is 1.58. The third-order valence-electron chi connectivity index (χ3n) is 0.903. The molecule has 0 aromatic carbocycles. The van der Waals surface area contributed by atoms with Gasteiger partial charge < -0.3 is 4.74 Å². The van der Waals surface area contributed by atoms with Gasteiger partial charge in [-0.1, -0.05) is 0 Å². The first-order chi connectivity index (χ1) is 4.74. The number of esters is 1. The van der Waals surface area contributed by atoms with Gasteiger partial charge in [0.2, 0.25) is 0 Å². The van der Waals surface area contributed by atoms with Gasteiger partial charge >= 0.3 is 5.97 Å². The highest BCUT2D eigenvalue weighted by atomic mass is 79.9. The Bertz CT molecular complexity index is 244. The van der Waals surface area contributed by atoms with Crippen LogP contribution in [0.4, 0.5) is 0 Å². The molecule has 0 aliphatic heterocycles. The highest BCUT2D eigenvalue weighted by molar-refractivity contribution is 9.10. The van der Waals surface area contributed by atoms with Gasteiger partial charge in [0.05, 0.1) is 12.5 Å². The number of carbonyl (C=O) groups excluding carboxylic acids is 1. The van der Waals surface area contributed by atoms with Crippen molar-refractivity contribution in [3.8, 4) is 0 Å². The Morgan fingerprint density at radius 2 is 2.60 bits per heavy atom. The van der Waals surface area contributed by atoms with Gasteiger partial charge in [-0.2, -0.15) is 0 Å². The van der Waals surface area contributed by atoms with Gasteiger partial charge in [0.1, 0.15) is 4.88 Å². The summed E-state index contributed by atoms with van der Waals surface area (Å²) in [7, 11) is 1.36. The van der Waals surface area contributed by atoms with Crippen LogP contribution < -0.4 is 0 Å². The van der Waals surface area contributed by atoms with Gasteiger partial charge in [0.15, 0.2) is 0 Å². The molecule has 0 atom stereocenters. The average molecular weight is 220 g/mol. The zero-order valence-electron chi connectivity index (χ0n) is 5.18. The lowest BCUT2D eigenvalue weighted by Gasteiger charge is -1.90. The zero-order valence-corrected chi connectivity index (χ0v) is 7.58. The van der Waals surface area contributed by atoms with Gasteiger partial charge in [-0.05, 0) is 22.0 Å². The van der Waals surface area contributed by atoms with E-state index in [2.05, 4.69) is 26.0 Å². The largest absolute Gasteiger partial charge is 0.465 e. The molecule has 0 unspecified atom stereocenters. The molecular weight excluding hydrogens is 216 g/mol. The van der Waals surface area contributed by atoms with Crippen molar-refractivity contribution in [3.05, 3.63) is 20.8 Å². The SMILES string of the molecule is COC(=O)c1cc(Br)[c]s1. The van der Waals surface area contributed by atoms with Crippen LogP contribution in [0.3, 0.4) is 0 Å². The minimum atomic E-state index is -0.313. The Morgan fingerprint density at radius 1 is 1.90 bits per heavy atom. The van der Waals surface area contributed by atoms with E-state index in [-0.39, 0.29) is 5.97 Å². The van der Waals surface area contributed by atoms with Gasteiger partial charge in [-0.15, -0.1) is 11.3 Å². The Morgan fingerprint density at radius 3 is 3.00 bits per heavy atom. The van der Waals surface area contributed by atoms with Crippen molar-refractivity contribution in [2.45, 2.75) is 0 Å². The number of carbonyl (C=O) groups is 1. The molecule has 0 amide bonds. The van der Waals surface area contributed by atoms with E-state index in [1.54, 1.807) is 6.07 Å². The smallest absolute Gasteiger partial charge is 0.348 e. The predicted octanol–water partition coefficient (Wildman–Crippen LogP) is 2.10. The molecule has 10 heavy (non-hydrogen) atoms. The van der Waals surface area contributed by atoms with Crippen LogP contribution in [0.25, 0.3) is 0 Å². The maximum Gasteiger partial charge on any atom is 0.348 e. The summed E-state index contributed by atoms with van der Waals surface area (Å²) in [5.74, 6) is -0.313. The molecular formula is C6H4BrO2S. The molecule has 1 aromatic heterocycles. The molecule has 0 N–H and O–H groups in total. The number of methoxy groups -OCH3 is 1. The molecule has 4 heteroatoms. The van der Waals surface area contributed by atoms with Crippen LogP contribution in [-0.2, 0) is 4.74 Å². The Labute approximate surface area is 70.9 Å². The zero-order chi connectivity index (χ0) is 7.56. The van der Waals surface area contributed by atoms with Crippen molar-refractivity contribution in [3.63, 3.8) is 0 Å². The quantitative estimate of drug-likeness (QED) is 0.677. The van der Waals surface area contributed by atoms with E-state index in [4.69, 9.17) is 0 Å². The number of ether oxygens (including phenoxy) is 1. The van der Waals surface area contributed by atoms with Crippen LogP contribution in [0.5, 0.6) is 0 Å². The van der Waals surface area contributed by atoms with Gasteiger partial charge in [0.25, 0.3) is 0 Å². The van der Waals surface area contributed by atoms with Crippen LogP contribution in [0.2, 0.25) is 0 Å². The first-order valence-electron chi connectivity index (χ1n) is 2.49. The van der Waals surface area contributed by atoms with E-state index >= 15 is 0 Å². The van der Waals surface area contributed by atoms with E-state index in [0.717, 1.165) is 4.47 Å². The molecule has 0 bridgehead atoms. The number of hydrogen-bond donors (Lipinski definition) is 0. The normalized spacial score (nSPS) is 9.40. The van der Waals surface area contributed by atoms with Crippen LogP contribution in [0.15, 0.2) is 10.5 Å².